The van der Waals surface area contributed by atoms with Gasteiger partial charge in [0.25, 0.3) is 0 Å². The molecule has 0 aliphatic rings. The summed E-state index contributed by atoms with van der Waals surface area (Å²) in [5.41, 5.74) is 6.73. The number of carbonyl (C=O) groups excluding carboxylic acids is 3. The van der Waals surface area contributed by atoms with Crippen molar-refractivity contribution in [2.45, 2.75) is 77.5 Å². The zero-order chi connectivity index (χ0) is 28.3. The zero-order valence-corrected chi connectivity index (χ0v) is 21.6. The monoisotopic (exact) mass is 522 g/mol. The molecule has 8 N–H and O–H groups in total. The van der Waals surface area contributed by atoms with Gasteiger partial charge in [-0.15, -0.1) is 0 Å². The number of aromatic hydroxyl groups is 1. The molecule has 5 atom stereocenters. The van der Waals surface area contributed by atoms with Gasteiger partial charge in [-0.25, -0.2) is 4.79 Å². The van der Waals surface area contributed by atoms with E-state index in [2.05, 4.69) is 16.0 Å². The molecule has 12 nitrogen and oxygen atoms in total. The molecule has 0 spiro atoms. The highest BCUT2D eigenvalue weighted by Crippen LogP contribution is 2.13. The average molecular weight is 523 g/mol. The van der Waals surface area contributed by atoms with Crippen LogP contribution in [-0.4, -0.2) is 69.1 Å². The summed E-state index contributed by atoms with van der Waals surface area (Å²) in [5.74, 6) is -5.38. The number of nitrogens with two attached hydrogens (primary N) is 1. The number of carbonyl (C=O) groups is 5. The summed E-state index contributed by atoms with van der Waals surface area (Å²) in [4.78, 5) is 61.4. The molecular formula is C25H38N4O8. The highest BCUT2D eigenvalue weighted by molar-refractivity contribution is 5.94. The Morgan fingerprint density at radius 3 is 1.92 bits per heavy atom. The second-order valence-electron chi connectivity index (χ2n) is 9.41. The Hall–Kier alpha value is -3.67. The zero-order valence-electron chi connectivity index (χ0n) is 21.6. The Bertz CT molecular complexity index is 951. The minimum Gasteiger partial charge on any atom is -0.508 e. The molecule has 0 aliphatic carbocycles. The van der Waals surface area contributed by atoms with Crippen LogP contribution in [0.3, 0.4) is 0 Å². The number of hydrogen-bond acceptors (Lipinski definition) is 7. The molecular weight excluding hydrogens is 484 g/mol. The lowest BCUT2D eigenvalue weighted by atomic mass is 9.96. The van der Waals surface area contributed by atoms with Crippen LogP contribution in [0.2, 0.25) is 0 Å². The predicted octanol–water partition coefficient (Wildman–Crippen LogP) is 0.368. The van der Waals surface area contributed by atoms with Crippen molar-refractivity contribution >= 4 is 29.7 Å². The highest BCUT2D eigenvalue weighted by Gasteiger charge is 2.33. The summed E-state index contributed by atoms with van der Waals surface area (Å²) in [7, 11) is 0. The lowest BCUT2D eigenvalue weighted by Crippen LogP contribution is -2.59. The third kappa shape index (κ3) is 10.5. The van der Waals surface area contributed by atoms with E-state index < -0.39 is 66.2 Å². The van der Waals surface area contributed by atoms with Gasteiger partial charge < -0.3 is 37.0 Å². The smallest absolute Gasteiger partial charge is 0.326 e. The van der Waals surface area contributed by atoms with E-state index in [0.717, 1.165) is 0 Å². The van der Waals surface area contributed by atoms with Crippen molar-refractivity contribution in [3.8, 4) is 5.75 Å². The van der Waals surface area contributed by atoms with Gasteiger partial charge in [0, 0.05) is 6.42 Å². The maximum absolute atomic E-state index is 13.2. The number of aliphatic carboxylic acids is 2. The number of hydrogen-bond donors (Lipinski definition) is 7. The fourth-order valence-electron chi connectivity index (χ4n) is 3.51. The lowest BCUT2D eigenvalue weighted by Gasteiger charge is -2.28. The molecule has 0 saturated carbocycles. The fourth-order valence-corrected chi connectivity index (χ4v) is 3.51. The number of rotatable bonds is 15. The lowest BCUT2D eigenvalue weighted by molar-refractivity contribution is -0.144. The SMILES string of the molecule is CCC(C)C(NC(=O)C(N)Cc1ccc(O)cc1)C(=O)NC(CCC(=O)O)C(=O)NC(C(=O)O)C(C)C. The van der Waals surface area contributed by atoms with E-state index in [4.69, 9.17) is 10.8 Å². The van der Waals surface area contributed by atoms with E-state index in [0.29, 0.717) is 12.0 Å². The first-order valence-corrected chi connectivity index (χ1v) is 12.2. The number of phenols is 1. The summed E-state index contributed by atoms with van der Waals surface area (Å²) in [6.07, 6.45) is -0.0864. The van der Waals surface area contributed by atoms with Crippen molar-refractivity contribution in [1.82, 2.24) is 16.0 Å². The summed E-state index contributed by atoms with van der Waals surface area (Å²) < 4.78 is 0. The minimum absolute atomic E-state index is 0.0693. The number of benzene rings is 1. The standard InChI is InChI=1S/C25H38N4O8/c1-5-14(4)21(29-22(33)17(26)12-15-6-8-16(30)9-7-15)24(35)27-18(10-11-19(31)32)23(34)28-20(13(2)3)25(36)37/h6-9,13-14,17-18,20-21,30H,5,10-12,26H2,1-4H3,(H,27,35)(H,28,34)(H,29,33)(H,31,32)(H,36,37). The van der Waals surface area contributed by atoms with Crippen LogP contribution in [0.15, 0.2) is 24.3 Å². The summed E-state index contributed by atoms with van der Waals surface area (Å²) in [6, 6.07) is 1.51. The quantitative estimate of drug-likeness (QED) is 0.169. The van der Waals surface area contributed by atoms with E-state index in [1.54, 1.807) is 32.9 Å². The van der Waals surface area contributed by atoms with Crippen molar-refractivity contribution in [2.75, 3.05) is 0 Å². The average Bonchev–Trinajstić information content (AvgIpc) is 2.83. The van der Waals surface area contributed by atoms with E-state index in [1.165, 1.54) is 12.1 Å². The number of amides is 3. The molecule has 0 radical (unpaired) electrons. The van der Waals surface area contributed by atoms with Crippen LogP contribution in [0.5, 0.6) is 5.75 Å². The van der Waals surface area contributed by atoms with Gasteiger partial charge in [0.2, 0.25) is 17.7 Å². The Labute approximate surface area is 216 Å². The first-order chi connectivity index (χ1) is 17.3. The second-order valence-corrected chi connectivity index (χ2v) is 9.41. The van der Waals surface area contributed by atoms with Crippen LogP contribution < -0.4 is 21.7 Å². The molecule has 1 aromatic rings. The molecule has 12 heteroatoms. The normalized spacial score (nSPS) is 15.1. The highest BCUT2D eigenvalue weighted by atomic mass is 16.4. The molecule has 0 saturated heterocycles. The molecule has 0 aromatic heterocycles. The molecule has 1 aromatic carbocycles. The van der Waals surface area contributed by atoms with E-state index in [-0.39, 0.29) is 24.5 Å². The number of carboxylic acid groups (broad SMARTS) is 2. The molecule has 0 bridgehead atoms. The molecule has 0 aliphatic heterocycles. The van der Waals surface area contributed by atoms with Crippen molar-refractivity contribution in [3.05, 3.63) is 29.8 Å². The van der Waals surface area contributed by atoms with Crippen molar-refractivity contribution in [3.63, 3.8) is 0 Å². The molecule has 0 fully saturated rings. The third-order valence-electron chi connectivity index (χ3n) is 6.03. The van der Waals surface area contributed by atoms with Gasteiger partial charge in [-0.3, -0.25) is 19.2 Å². The van der Waals surface area contributed by atoms with Crippen molar-refractivity contribution in [2.24, 2.45) is 17.6 Å². The van der Waals surface area contributed by atoms with Crippen molar-refractivity contribution in [1.29, 1.82) is 0 Å². The summed E-state index contributed by atoms with van der Waals surface area (Å²) in [6.45, 7) is 6.73. The Morgan fingerprint density at radius 1 is 0.865 bits per heavy atom. The maximum Gasteiger partial charge on any atom is 0.326 e. The van der Waals surface area contributed by atoms with Gasteiger partial charge in [0.05, 0.1) is 6.04 Å². The fraction of sp³-hybridized carbons (Fsp3) is 0.560. The molecule has 206 valence electrons. The Morgan fingerprint density at radius 2 is 1.43 bits per heavy atom. The number of carboxylic acids is 2. The van der Waals surface area contributed by atoms with Gasteiger partial charge in [0.15, 0.2) is 0 Å². The summed E-state index contributed by atoms with van der Waals surface area (Å²) in [5, 5.41) is 35.3. The molecule has 37 heavy (non-hydrogen) atoms. The van der Waals surface area contributed by atoms with Gasteiger partial charge in [-0.1, -0.05) is 46.2 Å². The van der Waals surface area contributed by atoms with Crippen LogP contribution in [0.4, 0.5) is 0 Å². The number of nitrogens with one attached hydrogen (secondary N) is 3. The van der Waals surface area contributed by atoms with Crippen molar-refractivity contribution < 1.29 is 39.3 Å². The molecule has 1 rings (SSSR count). The topological polar surface area (TPSA) is 208 Å². The molecule has 3 amide bonds. The summed E-state index contributed by atoms with van der Waals surface area (Å²) >= 11 is 0. The van der Waals surface area contributed by atoms with E-state index in [9.17, 15) is 34.2 Å². The molecule has 5 unspecified atom stereocenters. The first kappa shape index (κ1) is 31.4. The van der Waals surface area contributed by atoms with Gasteiger partial charge in [0.1, 0.15) is 23.9 Å². The largest absolute Gasteiger partial charge is 0.508 e. The predicted molar refractivity (Wildman–Crippen MR) is 134 cm³/mol. The Balaban J connectivity index is 3.02. The first-order valence-electron chi connectivity index (χ1n) is 12.2. The third-order valence-corrected chi connectivity index (χ3v) is 6.03. The van der Waals surface area contributed by atoms with E-state index in [1.807, 2.05) is 6.92 Å². The van der Waals surface area contributed by atoms with Crippen LogP contribution in [-0.2, 0) is 30.4 Å². The van der Waals surface area contributed by atoms with Crippen LogP contribution in [0.1, 0.15) is 52.5 Å². The minimum atomic E-state index is -1.33. The van der Waals surface area contributed by atoms with Gasteiger partial charge in [-0.05, 0) is 42.4 Å². The van der Waals surface area contributed by atoms with Crippen LogP contribution in [0, 0.1) is 11.8 Å². The van der Waals surface area contributed by atoms with Crippen LogP contribution in [0.25, 0.3) is 0 Å². The van der Waals surface area contributed by atoms with E-state index >= 15 is 0 Å². The number of phenolic OH excluding ortho intramolecular Hbond substituents is 1. The van der Waals surface area contributed by atoms with Gasteiger partial charge >= 0.3 is 11.9 Å². The van der Waals surface area contributed by atoms with Gasteiger partial charge in [-0.2, -0.15) is 0 Å². The Kier molecular flexibility index (Phi) is 12.5. The molecule has 0 heterocycles. The second kappa shape index (κ2) is 14.8. The maximum atomic E-state index is 13.2. The van der Waals surface area contributed by atoms with Crippen LogP contribution >= 0.6 is 0 Å².